The second-order valence-corrected chi connectivity index (χ2v) is 4.90. The molecule has 0 heterocycles. The predicted molar refractivity (Wildman–Crippen MR) is 80.2 cm³/mol. The van der Waals surface area contributed by atoms with E-state index in [1.54, 1.807) is 13.2 Å². The summed E-state index contributed by atoms with van der Waals surface area (Å²) < 4.78 is 5.24. The van der Waals surface area contributed by atoms with Crippen LogP contribution in [0.4, 0.5) is 5.69 Å². The van der Waals surface area contributed by atoms with Crippen LogP contribution in [0.2, 0.25) is 0 Å². The lowest BCUT2D eigenvalue weighted by Gasteiger charge is -2.12. The summed E-state index contributed by atoms with van der Waals surface area (Å²) in [6.45, 7) is 5.88. The van der Waals surface area contributed by atoms with E-state index in [0.717, 1.165) is 29.0 Å². The Kier molecular flexibility index (Phi) is 5.90. The molecule has 19 heavy (non-hydrogen) atoms. The molecule has 104 valence electrons. The second-order valence-electron chi connectivity index (χ2n) is 4.34. The highest BCUT2D eigenvalue weighted by atomic mass is 35.5. The predicted octanol–water partition coefficient (Wildman–Crippen LogP) is 3.82. The number of nitrogens with one attached hydrogen (secondary N) is 1. The summed E-state index contributed by atoms with van der Waals surface area (Å²) in [5.74, 6) is 0.643. The Morgan fingerprint density at radius 1 is 1.42 bits per heavy atom. The lowest BCUT2D eigenvalue weighted by atomic mass is 10.1. The number of ether oxygens (including phenoxy) is 1. The van der Waals surface area contributed by atoms with Gasteiger partial charge in [-0.25, -0.2) is 0 Å². The molecule has 1 atom stereocenters. The lowest BCUT2D eigenvalue weighted by molar-refractivity contribution is -0.111. The molecule has 4 heteroatoms. The molecular formula is C15H20ClNO2. The van der Waals surface area contributed by atoms with Gasteiger partial charge in [0, 0.05) is 11.8 Å². The number of hydrogen-bond donors (Lipinski definition) is 1. The van der Waals surface area contributed by atoms with Crippen molar-refractivity contribution in [1.82, 2.24) is 0 Å². The van der Waals surface area contributed by atoms with Crippen molar-refractivity contribution >= 4 is 23.2 Å². The Hall–Kier alpha value is -1.48. The first kappa shape index (κ1) is 15.6. The van der Waals surface area contributed by atoms with Crippen LogP contribution in [0.25, 0.3) is 0 Å². The molecule has 0 bridgehead atoms. The van der Waals surface area contributed by atoms with Gasteiger partial charge < -0.3 is 10.1 Å². The summed E-state index contributed by atoms with van der Waals surface area (Å²) >= 11 is 5.93. The Morgan fingerprint density at radius 2 is 2.11 bits per heavy atom. The van der Waals surface area contributed by atoms with Gasteiger partial charge in [-0.3, -0.25) is 4.79 Å². The maximum atomic E-state index is 11.8. The van der Waals surface area contributed by atoms with Crippen LogP contribution in [0.3, 0.4) is 0 Å². The number of halogens is 1. The van der Waals surface area contributed by atoms with E-state index < -0.39 is 0 Å². The van der Waals surface area contributed by atoms with E-state index in [1.807, 2.05) is 32.9 Å². The van der Waals surface area contributed by atoms with Gasteiger partial charge in [0.25, 0.3) is 0 Å². The van der Waals surface area contributed by atoms with Crippen LogP contribution in [0.15, 0.2) is 24.3 Å². The fourth-order valence-electron chi connectivity index (χ4n) is 1.65. The minimum absolute atomic E-state index is 0.107. The molecule has 3 nitrogen and oxygen atoms in total. The maximum Gasteiger partial charge on any atom is 0.248 e. The smallest absolute Gasteiger partial charge is 0.248 e. The lowest BCUT2D eigenvalue weighted by Crippen LogP contribution is -2.10. The van der Waals surface area contributed by atoms with Crippen LogP contribution in [0.1, 0.15) is 24.5 Å². The number of alkyl halides is 1. The number of amides is 1. The standard InChI is InChI=1S/C15H20ClNO2/c1-5-12(16)6-9-15(18)17-13-7-8-14(19-4)11(3)10(13)2/h6-9,12H,5H2,1-4H3,(H,17,18). The van der Waals surface area contributed by atoms with Gasteiger partial charge in [0.05, 0.1) is 12.5 Å². The molecule has 1 amide bonds. The molecule has 1 unspecified atom stereocenters. The van der Waals surface area contributed by atoms with E-state index in [2.05, 4.69) is 5.32 Å². The summed E-state index contributed by atoms with van der Waals surface area (Å²) in [4.78, 5) is 11.8. The van der Waals surface area contributed by atoms with Crippen molar-refractivity contribution in [3.8, 4) is 5.75 Å². The Bertz CT molecular complexity index is 483. The molecule has 0 aliphatic carbocycles. The van der Waals surface area contributed by atoms with Crippen molar-refractivity contribution in [3.63, 3.8) is 0 Å². The second kappa shape index (κ2) is 7.19. The molecule has 0 saturated carbocycles. The number of carbonyl (C=O) groups is 1. The summed E-state index contributed by atoms with van der Waals surface area (Å²) in [5, 5.41) is 2.73. The molecule has 0 fully saturated rings. The average Bonchev–Trinajstić information content (AvgIpc) is 2.41. The average molecular weight is 282 g/mol. The minimum atomic E-state index is -0.174. The van der Waals surface area contributed by atoms with Crippen molar-refractivity contribution in [2.45, 2.75) is 32.6 Å². The highest BCUT2D eigenvalue weighted by Crippen LogP contribution is 2.27. The van der Waals surface area contributed by atoms with E-state index in [-0.39, 0.29) is 11.3 Å². The third kappa shape index (κ3) is 4.28. The molecule has 0 saturated heterocycles. The molecular weight excluding hydrogens is 262 g/mol. The number of benzene rings is 1. The van der Waals surface area contributed by atoms with Gasteiger partial charge in [0.1, 0.15) is 5.75 Å². The van der Waals surface area contributed by atoms with Crippen LogP contribution in [0, 0.1) is 13.8 Å². The molecule has 1 N–H and O–H groups in total. The Balaban J connectivity index is 2.81. The quantitative estimate of drug-likeness (QED) is 0.658. The van der Waals surface area contributed by atoms with E-state index in [1.165, 1.54) is 6.08 Å². The maximum absolute atomic E-state index is 11.8. The molecule has 0 aromatic heterocycles. The first-order chi connectivity index (χ1) is 8.99. The molecule has 0 radical (unpaired) electrons. The summed E-state index contributed by atoms with van der Waals surface area (Å²) in [6.07, 6.45) is 3.97. The molecule has 1 rings (SSSR count). The van der Waals surface area contributed by atoms with Crippen molar-refractivity contribution in [1.29, 1.82) is 0 Å². The van der Waals surface area contributed by atoms with Crippen molar-refractivity contribution in [2.24, 2.45) is 0 Å². The van der Waals surface area contributed by atoms with Crippen molar-refractivity contribution in [2.75, 3.05) is 12.4 Å². The van der Waals surface area contributed by atoms with Gasteiger partial charge in [-0.2, -0.15) is 0 Å². The number of allylic oxidation sites excluding steroid dienone is 1. The Labute approximate surface area is 119 Å². The third-order valence-corrected chi connectivity index (χ3v) is 3.52. The SMILES string of the molecule is CCC(Cl)C=CC(=O)Nc1ccc(OC)c(C)c1C. The van der Waals surface area contributed by atoms with Gasteiger partial charge >= 0.3 is 0 Å². The molecule has 1 aromatic rings. The van der Waals surface area contributed by atoms with Crippen LogP contribution < -0.4 is 10.1 Å². The summed E-state index contributed by atoms with van der Waals surface area (Å²) in [5.41, 5.74) is 2.81. The normalized spacial score (nSPS) is 12.5. The van der Waals surface area contributed by atoms with Crippen LogP contribution >= 0.6 is 11.6 Å². The summed E-state index contributed by atoms with van der Waals surface area (Å²) in [7, 11) is 1.63. The van der Waals surface area contributed by atoms with Crippen molar-refractivity contribution < 1.29 is 9.53 Å². The monoisotopic (exact) mass is 281 g/mol. The zero-order valence-corrected chi connectivity index (χ0v) is 12.5. The van der Waals surface area contributed by atoms with Gasteiger partial charge in [-0.15, -0.1) is 11.6 Å². The third-order valence-electron chi connectivity index (χ3n) is 3.06. The molecule has 0 aliphatic heterocycles. The van der Waals surface area contributed by atoms with Gasteiger partial charge in [-0.1, -0.05) is 13.0 Å². The fraction of sp³-hybridized carbons (Fsp3) is 0.400. The first-order valence-electron chi connectivity index (χ1n) is 6.27. The number of hydrogen-bond acceptors (Lipinski definition) is 2. The Morgan fingerprint density at radius 3 is 2.68 bits per heavy atom. The fourth-order valence-corrected chi connectivity index (χ4v) is 1.73. The number of carbonyl (C=O) groups excluding carboxylic acids is 1. The highest BCUT2D eigenvalue weighted by Gasteiger charge is 2.08. The van der Waals surface area contributed by atoms with Gasteiger partial charge in [0.2, 0.25) is 5.91 Å². The highest BCUT2D eigenvalue weighted by molar-refractivity contribution is 6.22. The number of methoxy groups -OCH3 is 1. The molecule has 0 aliphatic rings. The largest absolute Gasteiger partial charge is 0.496 e. The first-order valence-corrected chi connectivity index (χ1v) is 6.70. The number of anilines is 1. The van der Waals surface area contributed by atoms with E-state index in [9.17, 15) is 4.79 Å². The van der Waals surface area contributed by atoms with Gasteiger partial charge in [-0.05, 0) is 43.5 Å². The van der Waals surface area contributed by atoms with E-state index in [4.69, 9.17) is 16.3 Å². The zero-order valence-electron chi connectivity index (χ0n) is 11.8. The topological polar surface area (TPSA) is 38.3 Å². The number of rotatable bonds is 5. The van der Waals surface area contributed by atoms with Gasteiger partial charge in [0.15, 0.2) is 0 Å². The minimum Gasteiger partial charge on any atom is -0.496 e. The molecule has 0 spiro atoms. The zero-order chi connectivity index (χ0) is 14.4. The van der Waals surface area contributed by atoms with Crippen LogP contribution in [-0.4, -0.2) is 18.4 Å². The van der Waals surface area contributed by atoms with E-state index >= 15 is 0 Å². The van der Waals surface area contributed by atoms with Crippen LogP contribution in [0.5, 0.6) is 5.75 Å². The molecule has 1 aromatic carbocycles. The summed E-state index contributed by atoms with van der Waals surface area (Å²) in [6, 6.07) is 3.68. The van der Waals surface area contributed by atoms with Crippen LogP contribution in [-0.2, 0) is 4.79 Å². The van der Waals surface area contributed by atoms with Crippen molar-refractivity contribution in [3.05, 3.63) is 35.4 Å². The van der Waals surface area contributed by atoms with E-state index in [0.29, 0.717) is 0 Å².